The fourth-order valence-electron chi connectivity index (χ4n) is 3.74. The van der Waals surface area contributed by atoms with Gasteiger partial charge in [-0.15, -0.1) is 0 Å². The van der Waals surface area contributed by atoms with Crippen LogP contribution in [0.25, 0.3) is 0 Å². The van der Waals surface area contributed by atoms with Crippen LogP contribution in [0.5, 0.6) is 0 Å². The first-order valence-corrected chi connectivity index (χ1v) is 9.10. The van der Waals surface area contributed by atoms with E-state index in [1.807, 2.05) is 30.3 Å². The van der Waals surface area contributed by atoms with Crippen molar-refractivity contribution in [3.63, 3.8) is 0 Å². The van der Waals surface area contributed by atoms with E-state index in [0.717, 1.165) is 28.9 Å². The molecule has 2 aromatic rings. The first-order valence-electron chi connectivity index (χ1n) is 9.10. The zero-order valence-electron chi connectivity index (χ0n) is 15.4. The van der Waals surface area contributed by atoms with Crippen LogP contribution < -0.4 is 10.6 Å². The molecule has 1 heterocycles. The van der Waals surface area contributed by atoms with Gasteiger partial charge in [-0.2, -0.15) is 0 Å². The Morgan fingerprint density at radius 1 is 1.07 bits per heavy atom. The van der Waals surface area contributed by atoms with E-state index in [9.17, 15) is 9.18 Å². The lowest BCUT2D eigenvalue weighted by atomic mass is 9.73. The molecule has 0 saturated heterocycles. The van der Waals surface area contributed by atoms with Crippen molar-refractivity contribution in [3.8, 4) is 0 Å². The maximum Gasteiger partial charge on any atom is 0.201 e. The molecule has 0 fully saturated rings. The first kappa shape index (κ1) is 17.5. The highest BCUT2D eigenvalue weighted by Crippen LogP contribution is 2.42. The van der Waals surface area contributed by atoms with Gasteiger partial charge in [-0.25, -0.2) is 9.38 Å². The number of carbonyl (C=O) groups excluding carboxylic acids is 1. The number of anilines is 1. The second-order valence-corrected chi connectivity index (χ2v) is 7.88. The van der Waals surface area contributed by atoms with Gasteiger partial charge in [0, 0.05) is 23.4 Å². The predicted molar refractivity (Wildman–Crippen MR) is 105 cm³/mol. The number of halogens is 1. The number of hydrogen-bond donors (Lipinski definition) is 2. The van der Waals surface area contributed by atoms with Gasteiger partial charge < -0.3 is 10.6 Å². The third-order valence-electron chi connectivity index (χ3n) is 4.94. The van der Waals surface area contributed by atoms with Crippen LogP contribution in [-0.4, -0.2) is 11.7 Å². The van der Waals surface area contributed by atoms with Crippen LogP contribution in [0.15, 0.2) is 70.9 Å². The number of nitrogens with one attached hydrogen (secondary N) is 2. The molecule has 138 valence electrons. The summed E-state index contributed by atoms with van der Waals surface area (Å²) in [5, 5.41) is 6.52. The average Bonchev–Trinajstić information content (AvgIpc) is 2.62. The Morgan fingerprint density at radius 3 is 2.48 bits per heavy atom. The van der Waals surface area contributed by atoms with E-state index in [-0.39, 0.29) is 23.1 Å². The zero-order chi connectivity index (χ0) is 19.0. The minimum absolute atomic E-state index is 0.0948. The van der Waals surface area contributed by atoms with E-state index in [4.69, 9.17) is 4.99 Å². The average molecular weight is 363 g/mol. The molecule has 0 amide bonds. The summed E-state index contributed by atoms with van der Waals surface area (Å²) < 4.78 is 13.2. The van der Waals surface area contributed by atoms with E-state index in [2.05, 4.69) is 24.5 Å². The van der Waals surface area contributed by atoms with Crippen molar-refractivity contribution >= 4 is 17.4 Å². The Kier molecular flexibility index (Phi) is 4.30. The Hall–Kier alpha value is -2.95. The van der Waals surface area contributed by atoms with Crippen LogP contribution >= 0.6 is 0 Å². The molecule has 0 radical (unpaired) electrons. The predicted octanol–water partition coefficient (Wildman–Crippen LogP) is 4.58. The van der Waals surface area contributed by atoms with Crippen LogP contribution in [-0.2, 0) is 4.79 Å². The number of aliphatic imine (C=N–C) groups is 1. The van der Waals surface area contributed by atoms with Crippen molar-refractivity contribution < 1.29 is 9.18 Å². The Morgan fingerprint density at radius 2 is 1.78 bits per heavy atom. The van der Waals surface area contributed by atoms with Crippen LogP contribution in [0, 0.1) is 11.2 Å². The van der Waals surface area contributed by atoms with Crippen LogP contribution in [0.2, 0.25) is 0 Å². The van der Waals surface area contributed by atoms with Crippen LogP contribution in [0.3, 0.4) is 0 Å². The van der Waals surface area contributed by atoms with Crippen molar-refractivity contribution in [1.29, 1.82) is 0 Å². The molecule has 4 nitrogen and oxygen atoms in total. The van der Waals surface area contributed by atoms with E-state index >= 15 is 0 Å². The van der Waals surface area contributed by atoms with E-state index in [1.54, 1.807) is 12.1 Å². The van der Waals surface area contributed by atoms with Crippen LogP contribution in [0.4, 0.5) is 10.1 Å². The molecule has 1 unspecified atom stereocenters. The largest absolute Gasteiger partial charge is 0.329 e. The van der Waals surface area contributed by atoms with Gasteiger partial charge in [-0.3, -0.25) is 4.79 Å². The minimum Gasteiger partial charge on any atom is -0.329 e. The molecule has 1 aliphatic heterocycles. The molecule has 0 saturated carbocycles. The van der Waals surface area contributed by atoms with Gasteiger partial charge in [0.05, 0.1) is 0 Å². The molecule has 1 atom stereocenters. The topological polar surface area (TPSA) is 53.5 Å². The number of guanidine groups is 1. The van der Waals surface area contributed by atoms with Gasteiger partial charge in [0.15, 0.2) is 5.78 Å². The Labute approximate surface area is 158 Å². The van der Waals surface area contributed by atoms with E-state index in [0.29, 0.717) is 12.4 Å². The van der Waals surface area contributed by atoms with Gasteiger partial charge >= 0.3 is 0 Å². The number of hydrogen-bond acceptors (Lipinski definition) is 4. The summed E-state index contributed by atoms with van der Waals surface area (Å²) in [6.45, 7) is 4.21. The maximum absolute atomic E-state index is 13.2. The molecular formula is C22H22FN3O. The fourth-order valence-corrected chi connectivity index (χ4v) is 3.74. The number of rotatable bonds is 2. The first-order chi connectivity index (χ1) is 12.9. The third kappa shape index (κ3) is 3.63. The second kappa shape index (κ2) is 6.65. The Balaban J connectivity index is 1.72. The highest BCUT2D eigenvalue weighted by molar-refractivity contribution is 6.03. The zero-order valence-corrected chi connectivity index (χ0v) is 15.4. The smallest absolute Gasteiger partial charge is 0.201 e. The molecule has 0 bridgehead atoms. The van der Waals surface area contributed by atoms with Crippen molar-refractivity contribution in [1.82, 2.24) is 5.32 Å². The summed E-state index contributed by atoms with van der Waals surface area (Å²) >= 11 is 0. The maximum atomic E-state index is 13.2. The lowest BCUT2D eigenvalue weighted by Crippen LogP contribution is -2.41. The SMILES string of the molecule is CC1(C)CC(=O)C2=C(C1)NC(Nc1ccc(F)cc1)=NC2c1ccccc1. The molecule has 0 aromatic heterocycles. The summed E-state index contributed by atoms with van der Waals surface area (Å²) in [7, 11) is 0. The molecule has 5 heteroatoms. The minimum atomic E-state index is -0.339. The van der Waals surface area contributed by atoms with Gasteiger partial charge in [0.1, 0.15) is 11.9 Å². The number of allylic oxidation sites excluding steroid dienone is 1. The van der Waals surface area contributed by atoms with Gasteiger partial charge in [0.2, 0.25) is 5.96 Å². The number of nitrogens with zero attached hydrogens (tertiary/aromatic N) is 1. The highest BCUT2D eigenvalue weighted by atomic mass is 19.1. The van der Waals surface area contributed by atoms with E-state index in [1.165, 1.54) is 12.1 Å². The second-order valence-electron chi connectivity index (χ2n) is 7.88. The standard InChI is InChI=1S/C22H22FN3O/c1-22(2)12-17-19(18(27)13-22)20(14-6-4-3-5-7-14)26-21(25-17)24-16-10-8-15(23)9-11-16/h3-11,20H,12-13H2,1-2H3,(H2,24,25,26). The summed E-state index contributed by atoms with van der Waals surface area (Å²) in [6, 6.07) is 15.6. The summed E-state index contributed by atoms with van der Waals surface area (Å²) in [5.74, 6) is 0.428. The quantitative estimate of drug-likeness (QED) is 0.821. The third-order valence-corrected chi connectivity index (χ3v) is 4.94. The lowest BCUT2D eigenvalue weighted by Gasteiger charge is -2.37. The monoisotopic (exact) mass is 363 g/mol. The number of benzene rings is 2. The number of ketones is 1. The summed E-state index contributed by atoms with van der Waals surface area (Å²) in [6.07, 6.45) is 1.30. The molecule has 2 aliphatic rings. The molecule has 4 rings (SSSR count). The Bertz CT molecular complexity index is 930. The summed E-state index contributed by atoms with van der Waals surface area (Å²) in [5.41, 5.74) is 3.30. The number of Topliss-reactive ketones (excluding diaryl/α,β-unsaturated/α-hetero) is 1. The molecule has 1 aliphatic carbocycles. The van der Waals surface area contributed by atoms with Crippen molar-refractivity contribution in [2.75, 3.05) is 5.32 Å². The van der Waals surface area contributed by atoms with E-state index < -0.39 is 0 Å². The fraction of sp³-hybridized carbons (Fsp3) is 0.273. The highest BCUT2D eigenvalue weighted by Gasteiger charge is 2.39. The number of carbonyl (C=O) groups is 1. The van der Waals surface area contributed by atoms with Gasteiger partial charge in [-0.05, 0) is 41.7 Å². The summed E-state index contributed by atoms with van der Waals surface area (Å²) in [4.78, 5) is 17.7. The molecule has 2 N–H and O–H groups in total. The molecule has 2 aromatic carbocycles. The van der Waals surface area contributed by atoms with Crippen molar-refractivity contribution in [2.24, 2.45) is 10.4 Å². The normalized spacial score (nSPS) is 21.2. The molecule has 27 heavy (non-hydrogen) atoms. The van der Waals surface area contributed by atoms with Crippen molar-refractivity contribution in [2.45, 2.75) is 32.7 Å². The molecule has 0 spiro atoms. The van der Waals surface area contributed by atoms with Crippen molar-refractivity contribution in [3.05, 3.63) is 77.2 Å². The van der Waals surface area contributed by atoms with Gasteiger partial charge in [0.25, 0.3) is 0 Å². The molecular weight excluding hydrogens is 341 g/mol. The van der Waals surface area contributed by atoms with Crippen LogP contribution in [0.1, 0.15) is 38.3 Å². The lowest BCUT2D eigenvalue weighted by molar-refractivity contribution is -0.118. The van der Waals surface area contributed by atoms with Gasteiger partial charge in [-0.1, -0.05) is 44.2 Å².